The third-order valence-corrected chi connectivity index (χ3v) is 3.28. The number of hydrogen-bond acceptors (Lipinski definition) is 4. The summed E-state index contributed by atoms with van der Waals surface area (Å²) in [6.07, 6.45) is 0.686. The van der Waals surface area contributed by atoms with E-state index >= 15 is 0 Å². The number of aliphatic hydroxyl groups excluding tert-OH is 1. The van der Waals surface area contributed by atoms with Crippen molar-refractivity contribution in [1.82, 2.24) is 9.80 Å². The van der Waals surface area contributed by atoms with Crippen molar-refractivity contribution < 1.29 is 10.2 Å². The molecule has 1 atom stereocenters. The summed E-state index contributed by atoms with van der Waals surface area (Å²) in [5, 5.41) is 19.3. The molecule has 0 saturated carbocycles. The summed E-state index contributed by atoms with van der Waals surface area (Å²) in [7, 11) is 3.98. The number of likely N-dealkylation sites (tertiary alicyclic amines) is 1. The van der Waals surface area contributed by atoms with E-state index in [0.717, 1.165) is 38.2 Å². The molecule has 0 aromatic heterocycles. The normalized spacial score (nSPS) is 20.8. The van der Waals surface area contributed by atoms with Crippen LogP contribution in [0.4, 0.5) is 0 Å². The number of hydrogen-bond donors (Lipinski definition) is 2. The van der Waals surface area contributed by atoms with Crippen molar-refractivity contribution in [3.05, 3.63) is 29.3 Å². The van der Waals surface area contributed by atoms with Crippen LogP contribution < -0.4 is 0 Å². The molecule has 0 radical (unpaired) electrons. The average molecular weight is 250 g/mol. The molecule has 2 N–H and O–H groups in total. The van der Waals surface area contributed by atoms with E-state index in [9.17, 15) is 10.2 Å². The molecule has 4 nitrogen and oxygen atoms in total. The molecule has 18 heavy (non-hydrogen) atoms. The van der Waals surface area contributed by atoms with E-state index < -0.39 is 0 Å². The molecule has 1 aromatic rings. The van der Waals surface area contributed by atoms with E-state index in [1.807, 2.05) is 25.1 Å². The van der Waals surface area contributed by atoms with Crippen LogP contribution in [0, 0.1) is 0 Å². The predicted octanol–water partition coefficient (Wildman–Crippen LogP) is 1.02. The van der Waals surface area contributed by atoms with Gasteiger partial charge in [-0.05, 0) is 38.2 Å². The minimum atomic E-state index is -0.177. The molecular weight excluding hydrogens is 228 g/mol. The SMILES string of the molecule is CN(C)Cc1cc(CN2CCC(O)C2)ccc1O. The molecule has 0 amide bonds. The lowest BCUT2D eigenvalue weighted by atomic mass is 10.1. The molecule has 1 heterocycles. The zero-order chi connectivity index (χ0) is 13.1. The summed E-state index contributed by atoms with van der Waals surface area (Å²) in [6, 6.07) is 5.78. The molecule has 0 bridgehead atoms. The van der Waals surface area contributed by atoms with Crippen molar-refractivity contribution in [2.45, 2.75) is 25.6 Å². The number of aromatic hydroxyl groups is 1. The van der Waals surface area contributed by atoms with Gasteiger partial charge in [0, 0.05) is 31.7 Å². The van der Waals surface area contributed by atoms with Crippen LogP contribution in [-0.2, 0) is 13.1 Å². The highest BCUT2D eigenvalue weighted by atomic mass is 16.3. The van der Waals surface area contributed by atoms with Gasteiger partial charge in [-0.1, -0.05) is 6.07 Å². The summed E-state index contributed by atoms with van der Waals surface area (Å²) in [6.45, 7) is 3.29. The van der Waals surface area contributed by atoms with Crippen LogP contribution in [0.15, 0.2) is 18.2 Å². The van der Waals surface area contributed by atoms with Gasteiger partial charge in [0.05, 0.1) is 6.10 Å². The Kier molecular flexibility index (Phi) is 4.22. The molecule has 1 aromatic carbocycles. The Bertz CT molecular complexity index is 407. The predicted molar refractivity (Wildman–Crippen MR) is 71.4 cm³/mol. The van der Waals surface area contributed by atoms with E-state index in [2.05, 4.69) is 11.0 Å². The highest BCUT2D eigenvalue weighted by Gasteiger charge is 2.20. The molecule has 4 heteroatoms. The molecule has 2 rings (SSSR count). The minimum absolute atomic E-state index is 0.177. The molecular formula is C14H22N2O2. The smallest absolute Gasteiger partial charge is 0.120 e. The monoisotopic (exact) mass is 250 g/mol. The van der Waals surface area contributed by atoms with Gasteiger partial charge in [-0.2, -0.15) is 0 Å². The zero-order valence-corrected chi connectivity index (χ0v) is 11.1. The minimum Gasteiger partial charge on any atom is -0.508 e. The van der Waals surface area contributed by atoms with Gasteiger partial charge in [-0.15, -0.1) is 0 Å². The van der Waals surface area contributed by atoms with Crippen LogP contribution in [0.25, 0.3) is 0 Å². The van der Waals surface area contributed by atoms with Crippen molar-refractivity contribution in [1.29, 1.82) is 0 Å². The standard InChI is InChI=1S/C14H22N2O2/c1-15(2)9-12-7-11(3-4-14(12)18)8-16-6-5-13(17)10-16/h3-4,7,13,17-18H,5-6,8-10H2,1-2H3. The summed E-state index contributed by atoms with van der Waals surface area (Å²) in [4.78, 5) is 4.29. The number of phenols is 1. The summed E-state index contributed by atoms with van der Waals surface area (Å²) in [5.74, 6) is 0.355. The lowest BCUT2D eigenvalue weighted by Gasteiger charge is -2.17. The Morgan fingerprint density at radius 1 is 1.39 bits per heavy atom. The fourth-order valence-corrected chi connectivity index (χ4v) is 2.42. The molecule has 0 aliphatic carbocycles. The summed E-state index contributed by atoms with van der Waals surface area (Å²) >= 11 is 0. The van der Waals surface area contributed by atoms with Crippen molar-refractivity contribution in [2.24, 2.45) is 0 Å². The second kappa shape index (κ2) is 5.69. The number of phenolic OH excluding ortho intramolecular Hbond substituents is 1. The maximum atomic E-state index is 9.81. The van der Waals surface area contributed by atoms with Crippen LogP contribution in [0.1, 0.15) is 17.5 Å². The van der Waals surface area contributed by atoms with Crippen molar-refractivity contribution in [3.63, 3.8) is 0 Å². The molecule has 1 unspecified atom stereocenters. The quantitative estimate of drug-likeness (QED) is 0.837. The number of nitrogens with zero attached hydrogens (tertiary/aromatic N) is 2. The molecule has 1 saturated heterocycles. The van der Waals surface area contributed by atoms with Gasteiger partial charge < -0.3 is 15.1 Å². The number of aliphatic hydroxyl groups is 1. The second-order valence-corrected chi connectivity index (χ2v) is 5.38. The Morgan fingerprint density at radius 2 is 2.17 bits per heavy atom. The van der Waals surface area contributed by atoms with Crippen LogP contribution in [0.2, 0.25) is 0 Å². The van der Waals surface area contributed by atoms with E-state index in [4.69, 9.17) is 0 Å². The van der Waals surface area contributed by atoms with Crippen molar-refractivity contribution >= 4 is 0 Å². The van der Waals surface area contributed by atoms with Gasteiger partial charge in [0.25, 0.3) is 0 Å². The van der Waals surface area contributed by atoms with Gasteiger partial charge in [0.2, 0.25) is 0 Å². The second-order valence-electron chi connectivity index (χ2n) is 5.38. The van der Waals surface area contributed by atoms with Crippen molar-refractivity contribution in [3.8, 4) is 5.75 Å². The Balaban J connectivity index is 2.04. The number of rotatable bonds is 4. The first-order valence-corrected chi connectivity index (χ1v) is 6.40. The largest absolute Gasteiger partial charge is 0.508 e. The highest BCUT2D eigenvalue weighted by molar-refractivity contribution is 5.36. The van der Waals surface area contributed by atoms with Crippen LogP contribution in [0.5, 0.6) is 5.75 Å². The third-order valence-electron chi connectivity index (χ3n) is 3.28. The van der Waals surface area contributed by atoms with Gasteiger partial charge in [-0.3, -0.25) is 4.90 Å². The molecule has 1 fully saturated rings. The average Bonchev–Trinajstić information content (AvgIpc) is 2.68. The fourth-order valence-electron chi connectivity index (χ4n) is 2.42. The highest BCUT2D eigenvalue weighted by Crippen LogP contribution is 2.21. The topological polar surface area (TPSA) is 46.9 Å². The van der Waals surface area contributed by atoms with Gasteiger partial charge in [-0.25, -0.2) is 0 Å². The third kappa shape index (κ3) is 3.45. The fraction of sp³-hybridized carbons (Fsp3) is 0.571. The lowest BCUT2D eigenvalue weighted by Crippen LogP contribution is -2.21. The van der Waals surface area contributed by atoms with Crippen LogP contribution in [-0.4, -0.2) is 53.3 Å². The Hall–Kier alpha value is -1.10. The van der Waals surface area contributed by atoms with E-state index in [-0.39, 0.29) is 6.10 Å². The molecule has 1 aliphatic heterocycles. The zero-order valence-electron chi connectivity index (χ0n) is 11.1. The summed E-state index contributed by atoms with van der Waals surface area (Å²) in [5.41, 5.74) is 2.15. The maximum Gasteiger partial charge on any atom is 0.120 e. The summed E-state index contributed by atoms with van der Waals surface area (Å²) < 4.78 is 0. The van der Waals surface area contributed by atoms with Gasteiger partial charge in [0.1, 0.15) is 5.75 Å². The molecule has 0 spiro atoms. The lowest BCUT2D eigenvalue weighted by molar-refractivity contribution is 0.175. The first-order chi connectivity index (χ1) is 8.54. The first kappa shape index (κ1) is 13.3. The van der Waals surface area contributed by atoms with E-state index in [0.29, 0.717) is 5.75 Å². The molecule has 100 valence electrons. The Labute approximate surface area is 108 Å². The van der Waals surface area contributed by atoms with Gasteiger partial charge in [0.15, 0.2) is 0 Å². The number of β-amino-alcohol motifs (C(OH)–C–C–N with tert-alkyl or cyclic N) is 1. The molecule has 1 aliphatic rings. The van der Waals surface area contributed by atoms with Crippen LogP contribution in [0.3, 0.4) is 0 Å². The van der Waals surface area contributed by atoms with E-state index in [1.165, 1.54) is 5.56 Å². The van der Waals surface area contributed by atoms with Crippen molar-refractivity contribution in [2.75, 3.05) is 27.2 Å². The number of benzene rings is 1. The maximum absolute atomic E-state index is 9.81. The van der Waals surface area contributed by atoms with Gasteiger partial charge >= 0.3 is 0 Å². The Morgan fingerprint density at radius 3 is 2.78 bits per heavy atom. The first-order valence-electron chi connectivity index (χ1n) is 6.40. The van der Waals surface area contributed by atoms with Crippen LogP contribution >= 0.6 is 0 Å². The van der Waals surface area contributed by atoms with E-state index in [1.54, 1.807) is 6.07 Å².